The minimum atomic E-state index is -0.562. The molecule has 1 aliphatic heterocycles. The van der Waals surface area contributed by atoms with Crippen molar-refractivity contribution in [3.63, 3.8) is 0 Å². The van der Waals surface area contributed by atoms with Gasteiger partial charge >= 0.3 is 0 Å². The van der Waals surface area contributed by atoms with Gasteiger partial charge in [0.25, 0.3) is 0 Å². The molecule has 0 saturated carbocycles. The summed E-state index contributed by atoms with van der Waals surface area (Å²) in [5.74, 6) is -0.0204. The van der Waals surface area contributed by atoms with Crippen LogP contribution in [0.3, 0.4) is 0 Å². The molecule has 1 atom stereocenters. The number of fused-ring (bicyclic) bond motifs is 1. The number of nitrogens with zero attached hydrogens (tertiary/aromatic N) is 1. The van der Waals surface area contributed by atoms with Gasteiger partial charge in [0.2, 0.25) is 0 Å². The molecule has 0 radical (unpaired) electrons. The Morgan fingerprint density at radius 2 is 2.08 bits per heavy atom. The van der Waals surface area contributed by atoms with E-state index in [2.05, 4.69) is 12.2 Å². The predicted octanol–water partition coefficient (Wildman–Crippen LogP) is 4.62. The zero-order valence-corrected chi connectivity index (χ0v) is 22.1. The molecule has 8 heteroatoms. The number of allylic oxidation sites excluding steroid dienone is 2. The summed E-state index contributed by atoms with van der Waals surface area (Å²) in [6, 6.07) is 9.81. The van der Waals surface area contributed by atoms with Gasteiger partial charge in [-0.25, -0.2) is 4.39 Å². The van der Waals surface area contributed by atoms with E-state index in [1.807, 2.05) is 37.2 Å². The number of anilines is 1. The van der Waals surface area contributed by atoms with Crippen molar-refractivity contribution in [2.75, 3.05) is 46.2 Å². The number of carbonyl (C=O) groups excluding carboxylic acids is 1. The smallest absolute Gasteiger partial charge is 0.187 e. The van der Waals surface area contributed by atoms with Crippen LogP contribution in [0.5, 0.6) is 5.75 Å². The molecule has 37 heavy (non-hydrogen) atoms. The molecular formula is C29H37FN4O3. The van der Waals surface area contributed by atoms with Crippen molar-refractivity contribution in [3.05, 3.63) is 76.9 Å². The fraction of sp³-hybridized carbons (Fsp3) is 0.379. The number of nitrogens with two attached hydrogens (primary N) is 1. The average molecular weight is 509 g/mol. The van der Waals surface area contributed by atoms with Crippen LogP contribution in [0.15, 0.2) is 54.4 Å². The third-order valence-corrected chi connectivity index (χ3v) is 6.29. The van der Waals surface area contributed by atoms with Crippen LogP contribution in [0.2, 0.25) is 0 Å². The summed E-state index contributed by atoms with van der Waals surface area (Å²) in [5.41, 5.74) is 9.21. The Bertz CT molecular complexity index is 1190. The molecule has 1 unspecified atom stereocenters. The highest BCUT2D eigenvalue weighted by Gasteiger charge is 2.30. The van der Waals surface area contributed by atoms with E-state index in [1.165, 1.54) is 18.3 Å². The van der Waals surface area contributed by atoms with E-state index < -0.39 is 5.92 Å². The first kappa shape index (κ1) is 27.9. The molecule has 7 nitrogen and oxygen atoms in total. The Morgan fingerprint density at radius 3 is 2.76 bits per heavy atom. The maximum absolute atomic E-state index is 13.7. The SMILES string of the molecule is CCC/C=C(OC)\C(=C/N)c1ccc(C(=N)C(=O)C2COc3ccc(F)cc3C2)c(NCCN(C)C)c1. The summed E-state index contributed by atoms with van der Waals surface area (Å²) in [7, 11) is 5.57. The molecule has 0 bridgehead atoms. The van der Waals surface area contributed by atoms with Gasteiger partial charge in [0, 0.05) is 36.1 Å². The van der Waals surface area contributed by atoms with Crippen LogP contribution in [0, 0.1) is 17.1 Å². The highest BCUT2D eigenvalue weighted by molar-refractivity contribution is 6.46. The lowest BCUT2D eigenvalue weighted by molar-refractivity contribution is -0.117. The van der Waals surface area contributed by atoms with Crippen molar-refractivity contribution in [2.45, 2.75) is 26.2 Å². The zero-order valence-electron chi connectivity index (χ0n) is 22.1. The fourth-order valence-corrected chi connectivity index (χ4v) is 4.26. The van der Waals surface area contributed by atoms with Crippen LogP contribution >= 0.6 is 0 Å². The highest BCUT2D eigenvalue weighted by atomic mass is 19.1. The van der Waals surface area contributed by atoms with Crippen molar-refractivity contribution in [3.8, 4) is 5.75 Å². The van der Waals surface area contributed by atoms with E-state index in [4.69, 9.17) is 20.6 Å². The maximum atomic E-state index is 13.7. The second-order valence-electron chi connectivity index (χ2n) is 9.34. The van der Waals surface area contributed by atoms with Crippen LogP contribution < -0.4 is 15.8 Å². The van der Waals surface area contributed by atoms with Gasteiger partial charge in [-0.05, 0) is 74.5 Å². The molecule has 0 aliphatic carbocycles. The molecule has 0 amide bonds. The van der Waals surface area contributed by atoms with Crippen LogP contribution in [-0.2, 0) is 16.0 Å². The summed E-state index contributed by atoms with van der Waals surface area (Å²) in [5, 5.41) is 12.2. The molecule has 1 aliphatic rings. The number of ether oxygens (including phenoxy) is 2. The lowest BCUT2D eigenvalue weighted by Crippen LogP contribution is -2.33. The van der Waals surface area contributed by atoms with Crippen LogP contribution in [0.25, 0.3) is 5.57 Å². The van der Waals surface area contributed by atoms with Crippen LogP contribution in [-0.4, -0.2) is 57.3 Å². The van der Waals surface area contributed by atoms with Crippen LogP contribution in [0.1, 0.15) is 36.5 Å². The second kappa shape index (κ2) is 13.1. The number of rotatable bonds is 12. The first-order valence-electron chi connectivity index (χ1n) is 12.5. The summed E-state index contributed by atoms with van der Waals surface area (Å²) >= 11 is 0. The third-order valence-electron chi connectivity index (χ3n) is 6.29. The average Bonchev–Trinajstić information content (AvgIpc) is 2.89. The standard InChI is InChI=1S/C29H37FN4O3/c1-5-6-7-27(36-4)24(17-31)19-8-10-23(25(16-19)33-12-13-34(2)3)28(32)29(35)21-14-20-15-22(30)9-11-26(20)37-18-21/h7-11,15-17,21,32-33H,5-6,12-14,18,31H2,1-4H3/b24-17-,27-7+,32-28?. The van der Waals surface area contributed by atoms with Gasteiger partial charge in [-0.3, -0.25) is 10.2 Å². The topological polar surface area (TPSA) is 101 Å². The quantitative estimate of drug-likeness (QED) is 0.220. The molecule has 4 N–H and O–H groups in total. The number of benzene rings is 2. The predicted molar refractivity (Wildman–Crippen MR) is 147 cm³/mol. The number of likely N-dealkylation sites (N-methyl/N-ethyl adjacent to an activating group) is 1. The van der Waals surface area contributed by atoms with Crippen molar-refractivity contribution in [1.29, 1.82) is 5.41 Å². The van der Waals surface area contributed by atoms with Gasteiger partial charge in [-0.2, -0.15) is 0 Å². The molecule has 1 heterocycles. The van der Waals surface area contributed by atoms with Gasteiger partial charge in [0.05, 0.1) is 19.6 Å². The van der Waals surface area contributed by atoms with Crippen molar-refractivity contribution in [1.82, 2.24) is 4.90 Å². The number of carbonyl (C=O) groups is 1. The first-order valence-corrected chi connectivity index (χ1v) is 12.5. The first-order chi connectivity index (χ1) is 17.8. The van der Waals surface area contributed by atoms with Gasteiger partial charge in [0.1, 0.15) is 23.0 Å². The number of unbranched alkanes of at least 4 members (excludes halogenated alkanes) is 1. The lowest BCUT2D eigenvalue weighted by Gasteiger charge is -2.25. The van der Waals surface area contributed by atoms with Crippen LogP contribution in [0.4, 0.5) is 10.1 Å². The Hall–Kier alpha value is -3.65. The second-order valence-corrected chi connectivity index (χ2v) is 9.34. The Morgan fingerprint density at radius 1 is 1.30 bits per heavy atom. The number of ketones is 1. The molecule has 0 aromatic heterocycles. The van der Waals surface area contributed by atoms with Gasteiger partial charge in [-0.1, -0.05) is 19.4 Å². The molecule has 3 rings (SSSR count). The molecule has 0 saturated heterocycles. The van der Waals surface area contributed by atoms with E-state index in [0.717, 1.165) is 30.5 Å². The third kappa shape index (κ3) is 6.98. The monoisotopic (exact) mass is 508 g/mol. The molecule has 0 spiro atoms. The Kier molecular flexibility index (Phi) is 9.85. The van der Waals surface area contributed by atoms with E-state index >= 15 is 0 Å². The Labute approximate surface area is 218 Å². The van der Waals surface area contributed by atoms with Gasteiger partial charge in [0.15, 0.2) is 5.78 Å². The summed E-state index contributed by atoms with van der Waals surface area (Å²) in [6.45, 7) is 3.63. The van der Waals surface area contributed by atoms with Crippen molar-refractivity contribution in [2.24, 2.45) is 11.7 Å². The Balaban J connectivity index is 1.91. The molecule has 0 fully saturated rings. The normalized spacial score (nSPS) is 15.7. The highest BCUT2D eigenvalue weighted by Crippen LogP contribution is 2.31. The largest absolute Gasteiger partial charge is 0.496 e. The lowest BCUT2D eigenvalue weighted by atomic mass is 9.88. The molecule has 2 aromatic carbocycles. The van der Waals surface area contributed by atoms with E-state index in [0.29, 0.717) is 41.3 Å². The zero-order chi connectivity index (χ0) is 26.9. The number of hydrogen-bond donors (Lipinski definition) is 3. The molecule has 198 valence electrons. The van der Waals surface area contributed by atoms with E-state index in [9.17, 15) is 9.18 Å². The number of hydrogen-bond acceptors (Lipinski definition) is 7. The molecular weight excluding hydrogens is 471 g/mol. The minimum Gasteiger partial charge on any atom is -0.496 e. The summed E-state index contributed by atoms with van der Waals surface area (Å²) < 4.78 is 25.0. The van der Waals surface area contributed by atoms with Gasteiger partial charge < -0.3 is 25.4 Å². The number of nitrogens with one attached hydrogen (secondary N) is 2. The number of halogens is 1. The van der Waals surface area contributed by atoms with E-state index in [1.54, 1.807) is 19.2 Å². The van der Waals surface area contributed by atoms with E-state index in [-0.39, 0.29) is 23.9 Å². The number of Topliss-reactive ketones (excluding diaryl/α,β-unsaturated/α-hetero) is 1. The maximum Gasteiger partial charge on any atom is 0.187 e. The minimum absolute atomic E-state index is 0.112. The summed E-state index contributed by atoms with van der Waals surface area (Å²) in [4.78, 5) is 15.4. The number of methoxy groups -OCH3 is 1. The van der Waals surface area contributed by atoms with Gasteiger partial charge in [-0.15, -0.1) is 0 Å². The van der Waals surface area contributed by atoms with Crippen molar-refractivity contribution < 1.29 is 18.7 Å². The fourth-order valence-electron chi connectivity index (χ4n) is 4.26. The summed E-state index contributed by atoms with van der Waals surface area (Å²) in [6.07, 6.45) is 5.66. The van der Waals surface area contributed by atoms with Crippen molar-refractivity contribution >= 4 is 22.8 Å². The molecule has 2 aromatic rings.